The lowest BCUT2D eigenvalue weighted by Crippen LogP contribution is -2.32. The number of nitrogens with zero attached hydrogens (tertiary/aromatic N) is 2. The van der Waals surface area contributed by atoms with Gasteiger partial charge in [0.05, 0.1) is 0 Å². The highest BCUT2D eigenvalue weighted by Crippen LogP contribution is 2.12. The van der Waals surface area contributed by atoms with Gasteiger partial charge in [0, 0.05) is 12.5 Å². The Hall–Kier alpha value is -1.36. The van der Waals surface area contributed by atoms with Gasteiger partial charge in [0.15, 0.2) is 0 Å². The SMILES string of the molecule is CCc1nc(Cl)cc(NC(C)C(N)=O)n1. The molecule has 6 heteroatoms. The smallest absolute Gasteiger partial charge is 0.239 e. The second-order valence-corrected chi connectivity index (χ2v) is 3.50. The second-order valence-electron chi connectivity index (χ2n) is 3.11. The van der Waals surface area contributed by atoms with Crippen molar-refractivity contribution in [2.24, 2.45) is 5.73 Å². The van der Waals surface area contributed by atoms with E-state index in [4.69, 9.17) is 17.3 Å². The highest BCUT2D eigenvalue weighted by Gasteiger charge is 2.10. The van der Waals surface area contributed by atoms with Crippen LogP contribution in [0.15, 0.2) is 6.07 Å². The first-order valence-corrected chi connectivity index (χ1v) is 5.00. The summed E-state index contributed by atoms with van der Waals surface area (Å²) in [6.45, 7) is 3.58. The monoisotopic (exact) mass is 228 g/mol. The number of hydrogen-bond donors (Lipinski definition) is 2. The Bertz CT molecular complexity index is 369. The number of hydrogen-bond acceptors (Lipinski definition) is 4. The van der Waals surface area contributed by atoms with E-state index in [0.717, 1.165) is 0 Å². The summed E-state index contributed by atoms with van der Waals surface area (Å²) in [5, 5.41) is 3.19. The number of anilines is 1. The minimum Gasteiger partial charge on any atom is -0.368 e. The molecule has 0 saturated carbocycles. The van der Waals surface area contributed by atoms with Crippen molar-refractivity contribution >= 4 is 23.3 Å². The number of aromatic nitrogens is 2. The van der Waals surface area contributed by atoms with Gasteiger partial charge >= 0.3 is 0 Å². The molecule has 0 bridgehead atoms. The van der Waals surface area contributed by atoms with E-state index < -0.39 is 11.9 Å². The van der Waals surface area contributed by atoms with Crippen LogP contribution in [0.3, 0.4) is 0 Å². The van der Waals surface area contributed by atoms with E-state index in [0.29, 0.717) is 23.2 Å². The van der Waals surface area contributed by atoms with E-state index in [1.54, 1.807) is 13.0 Å². The Morgan fingerprint density at radius 3 is 2.87 bits per heavy atom. The van der Waals surface area contributed by atoms with Crippen LogP contribution >= 0.6 is 11.6 Å². The molecule has 0 saturated heterocycles. The van der Waals surface area contributed by atoms with E-state index in [1.165, 1.54) is 0 Å². The molecule has 0 aromatic carbocycles. The van der Waals surface area contributed by atoms with Gasteiger partial charge in [-0.25, -0.2) is 9.97 Å². The molecule has 15 heavy (non-hydrogen) atoms. The topological polar surface area (TPSA) is 80.9 Å². The second kappa shape index (κ2) is 4.93. The van der Waals surface area contributed by atoms with Crippen molar-refractivity contribution in [3.63, 3.8) is 0 Å². The number of primary amides is 1. The van der Waals surface area contributed by atoms with Crippen LogP contribution in [-0.2, 0) is 11.2 Å². The largest absolute Gasteiger partial charge is 0.368 e. The Morgan fingerprint density at radius 2 is 2.33 bits per heavy atom. The lowest BCUT2D eigenvalue weighted by atomic mass is 10.3. The summed E-state index contributed by atoms with van der Waals surface area (Å²) in [6, 6.07) is 1.07. The van der Waals surface area contributed by atoms with Crippen LogP contribution in [0.2, 0.25) is 5.15 Å². The van der Waals surface area contributed by atoms with Crippen molar-refractivity contribution in [1.82, 2.24) is 9.97 Å². The summed E-state index contributed by atoms with van der Waals surface area (Å²) in [7, 11) is 0. The molecule has 0 aliphatic heterocycles. The molecular formula is C9H13ClN4O. The zero-order valence-corrected chi connectivity index (χ0v) is 9.38. The number of nitrogens with two attached hydrogens (primary N) is 1. The standard InChI is InChI=1S/C9H13ClN4O/c1-3-7-13-6(10)4-8(14-7)12-5(2)9(11)15/h4-5H,3H2,1-2H3,(H2,11,15)(H,12,13,14). The van der Waals surface area contributed by atoms with E-state index in [9.17, 15) is 4.79 Å². The number of carbonyl (C=O) groups excluding carboxylic acids is 1. The lowest BCUT2D eigenvalue weighted by Gasteiger charge is -2.11. The average Bonchev–Trinajstić information content (AvgIpc) is 2.16. The summed E-state index contributed by atoms with van der Waals surface area (Å²) in [4.78, 5) is 19.0. The molecule has 0 aliphatic carbocycles. The van der Waals surface area contributed by atoms with Crippen LogP contribution in [0.5, 0.6) is 0 Å². The molecule has 1 amide bonds. The number of halogens is 1. The van der Waals surface area contributed by atoms with Gasteiger partial charge in [0.1, 0.15) is 22.8 Å². The summed E-state index contributed by atoms with van der Waals surface area (Å²) in [5.41, 5.74) is 5.11. The minimum absolute atomic E-state index is 0.348. The number of aryl methyl sites for hydroxylation is 1. The van der Waals surface area contributed by atoms with Gasteiger partial charge in [0.2, 0.25) is 5.91 Å². The van der Waals surface area contributed by atoms with Gasteiger partial charge < -0.3 is 11.1 Å². The molecule has 0 spiro atoms. The molecule has 82 valence electrons. The van der Waals surface area contributed by atoms with Crippen LogP contribution in [0.4, 0.5) is 5.82 Å². The average molecular weight is 229 g/mol. The van der Waals surface area contributed by atoms with Crippen molar-refractivity contribution in [2.75, 3.05) is 5.32 Å². The van der Waals surface area contributed by atoms with Crippen molar-refractivity contribution in [2.45, 2.75) is 26.3 Å². The van der Waals surface area contributed by atoms with E-state index >= 15 is 0 Å². The molecule has 5 nitrogen and oxygen atoms in total. The molecular weight excluding hydrogens is 216 g/mol. The normalized spacial score (nSPS) is 12.2. The van der Waals surface area contributed by atoms with E-state index in [-0.39, 0.29) is 0 Å². The lowest BCUT2D eigenvalue weighted by molar-refractivity contribution is -0.118. The maximum absolute atomic E-state index is 10.8. The first-order valence-electron chi connectivity index (χ1n) is 4.62. The summed E-state index contributed by atoms with van der Waals surface area (Å²) in [6.07, 6.45) is 0.681. The number of carbonyl (C=O) groups is 1. The summed E-state index contributed by atoms with van der Waals surface area (Å²) < 4.78 is 0. The molecule has 3 N–H and O–H groups in total. The summed E-state index contributed by atoms with van der Waals surface area (Å²) in [5.74, 6) is 0.697. The van der Waals surface area contributed by atoms with Crippen LogP contribution in [0, 0.1) is 0 Å². The van der Waals surface area contributed by atoms with Gasteiger partial charge in [-0.1, -0.05) is 18.5 Å². The van der Waals surface area contributed by atoms with E-state index in [2.05, 4.69) is 15.3 Å². The first kappa shape index (κ1) is 11.7. The van der Waals surface area contributed by atoms with Crippen LogP contribution in [0.1, 0.15) is 19.7 Å². The number of rotatable bonds is 4. The fraction of sp³-hybridized carbons (Fsp3) is 0.444. The fourth-order valence-corrected chi connectivity index (χ4v) is 1.19. The third kappa shape index (κ3) is 3.36. The third-order valence-corrected chi connectivity index (χ3v) is 2.04. The number of amides is 1. The van der Waals surface area contributed by atoms with E-state index in [1.807, 2.05) is 6.92 Å². The molecule has 1 aromatic heterocycles. The maximum Gasteiger partial charge on any atom is 0.239 e. The Labute approximate surface area is 93.0 Å². The zero-order valence-electron chi connectivity index (χ0n) is 8.62. The molecule has 1 aromatic rings. The molecule has 1 heterocycles. The predicted octanol–water partition coefficient (Wildman–Crippen LogP) is 0.978. The molecule has 1 atom stereocenters. The van der Waals surface area contributed by atoms with Crippen LogP contribution in [-0.4, -0.2) is 21.9 Å². The number of nitrogens with one attached hydrogen (secondary N) is 1. The quantitative estimate of drug-likeness (QED) is 0.753. The van der Waals surface area contributed by atoms with Crippen molar-refractivity contribution in [3.05, 3.63) is 17.0 Å². The van der Waals surface area contributed by atoms with Gasteiger partial charge in [0.25, 0.3) is 0 Å². The van der Waals surface area contributed by atoms with Crippen LogP contribution in [0.25, 0.3) is 0 Å². The van der Waals surface area contributed by atoms with Gasteiger partial charge in [-0.05, 0) is 6.92 Å². The van der Waals surface area contributed by atoms with Crippen molar-refractivity contribution < 1.29 is 4.79 Å². The first-order chi connectivity index (χ1) is 7.02. The summed E-state index contributed by atoms with van der Waals surface area (Å²) >= 11 is 5.78. The fourth-order valence-electron chi connectivity index (χ4n) is 0.990. The van der Waals surface area contributed by atoms with Crippen molar-refractivity contribution in [1.29, 1.82) is 0 Å². The zero-order chi connectivity index (χ0) is 11.4. The highest BCUT2D eigenvalue weighted by molar-refractivity contribution is 6.29. The van der Waals surface area contributed by atoms with Crippen molar-refractivity contribution in [3.8, 4) is 0 Å². The van der Waals surface area contributed by atoms with Gasteiger partial charge in [-0.15, -0.1) is 0 Å². The highest BCUT2D eigenvalue weighted by atomic mass is 35.5. The Morgan fingerprint density at radius 1 is 1.67 bits per heavy atom. The molecule has 1 rings (SSSR count). The third-order valence-electron chi connectivity index (χ3n) is 1.85. The maximum atomic E-state index is 10.8. The van der Waals surface area contributed by atoms with Crippen LogP contribution < -0.4 is 11.1 Å². The molecule has 1 unspecified atom stereocenters. The van der Waals surface area contributed by atoms with Gasteiger partial charge in [-0.3, -0.25) is 4.79 Å². The molecule has 0 aliphatic rings. The Balaban J connectivity index is 2.85. The van der Waals surface area contributed by atoms with Gasteiger partial charge in [-0.2, -0.15) is 0 Å². The molecule has 0 radical (unpaired) electrons. The molecule has 0 fully saturated rings. The Kier molecular flexibility index (Phi) is 3.85. The minimum atomic E-state index is -0.485. The predicted molar refractivity (Wildman–Crippen MR) is 58.7 cm³/mol.